The third-order valence-corrected chi connectivity index (χ3v) is 5.87. The molecular formula is C24H29N5O3. The number of amides is 2. The molecule has 0 saturated carbocycles. The number of urea groups is 1. The van der Waals surface area contributed by atoms with Gasteiger partial charge in [-0.15, -0.1) is 0 Å². The van der Waals surface area contributed by atoms with Gasteiger partial charge in [-0.3, -0.25) is 4.79 Å². The summed E-state index contributed by atoms with van der Waals surface area (Å²) in [5.41, 5.74) is 2.96. The Kier molecular flexibility index (Phi) is 6.68. The number of ketones is 1. The molecule has 2 aromatic heterocycles. The van der Waals surface area contributed by atoms with Crippen LogP contribution in [0.2, 0.25) is 0 Å². The normalized spacial score (nSPS) is 16.8. The number of nitrogens with zero attached hydrogens (tertiary/aromatic N) is 4. The summed E-state index contributed by atoms with van der Waals surface area (Å²) >= 11 is 0. The van der Waals surface area contributed by atoms with E-state index in [1.807, 2.05) is 24.3 Å². The number of anilines is 1. The van der Waals surface area contributed by atoms with Gasteiger partial charge in [0.05, 0.1) is 18.8 Å². The lowest BCUT2D eigenvalue weighted by Gasteiger charge is -2.27. The van der Waals surface area contributed by atoms with Crippen LogP contribution in [-0.4, -0.2) is 64.9 Å². The molecule has 4 rings (SSSR count). The molecule has 0 aromatic carbocycles. The molecule has 1 fully saturated rings. The highest BCUT2D eigenvalue weighted by atomic mass is 16.5. The topological polar surface area (TPSA) is 87.7 Å². The molecule has 0 radical (unpaired) electrons. The molecule has 32 heavy (non-hydrogen) atoms. The summed E-state index contributed by atoms with van der Waals surface area (Å²) in [5.74, 6) is 1.49. The first-order valence-corrected chi connectivity index (χ1v) is 11.0. The second-order valence-corrected chi connectivity index (χ2v) is 8.15. The second-order valence-electron chi connectivity index (χ2n) is 8.15. The summed E-state index contributed by atoms with van der Waals surface area (Å²) in [5, 5.41) is 3.34. The van der Waals surface area contributed by atoms with Crippen molar-refractivity contribution in [1.82, 2.24) is 19.8 Å². The number of methoxy groups -OCH3 is 1. The minimum Gasteiger partial charge on any atom is -0.481 e. The smallest absolute Gasteiger partial charge is 0.320 e. The Morgan fingerprint density at radius 1 is 1.28 bits per heavy atom. The lowest BCUT2D eigenvalue weighted by Crippen LogP contribution is -2.35. The molecule has 1 atom stereocenters. The van der Waals surface area contributed by atoms with Crippen LogP contribution in [0.3, 0.4) is 0 Å². The molecule has 2 aliphatic heterocycles. The fourth-order valence-electron chi connectivity index (χ4n) is 4.19. The molecular weight excluding hydrogens is 406 g/mol. The number of Topliss-reactive ketones (excluding diaryl/α,β-unsaturated/α-hetero) is 1. The van der Waals surface area contributed by atoms with Crippen LogP contribution in [-0.2, 0) is 11.2 Å². The largest absolute Gasteiger partial charge is 0.481 e. The molecule has 0 spiro atoms. The van der Waals surface area contributed by atoms with Gasteiger partial charge in [-0.05, 0) is 43.0 Å². The van der Waals surface area contributed by atoms with Gasteiger partial charge >= 0.3 is 6.03 Å². The number of fused-ring (bicyclic) bond motifs is 1. The van der Waals surface area contributed by atoms with Crippen LogP contribution < -0.4 is 10.1 Å². The highest BCUT2D eigenvalue weighted by Gasteiger charge is 2.34. The first-order chi connectivity index (χ1) is 15.5. The van der Waals surface area contributed by atoms with Crippen molar-refractivity contribution < 1.29 is 14.3 Å². The molecule has 2 aromatic rings. The van der Waals surface area contributed by atoms with E-state index in [2.05, 4.69) is 21.4 Å². The fourth-order valence-corrected chi connectivity index (χ4v) is 4.19. The predicted octanol–water partition coefficient (Wildman–Crippen LogP) is 3.31. The van der Waals surface area contributed by atoms with E-state index in [9.17, 15) is 9.59 Å². The zero-order valence-corrected chi connectivity index (χ0v) is 18.6. The monoisotopic (exact) mass is 435 g/mol. The Labute approximate surface area is 188 Å². The van der Waals surface area contributed by atoms with Crippen LogP contribution in [0, 0.1) is 0 Å². The summed E-state index contributed by atoms with van der Waals surface area (Å²) in [6.07, 6.45) is 8.05. The number of hydrogen-bond donors (Lipinski definition) is 1. The van der Waals surface area contributed by atoms with Gasteiger partial charge in [-0.2, -0.15) is 0 Å². The first kappa shape index (κ1) is 21.8. The summed E-state index contributed by atoms with van der Waals surface area (Å²) in [4.78, 5) is 37.5. The van der Waals surface area contributed by atoms with Crippen molar-refractivity contribution in [2.24, 2.45) is 0 Å². The summed E-state index contributed by atoms with van der Waals surface area (Å²) in [6.45, 7) is 4.18. The maximum atomic E-state index is 13.1. The van der Waals surface area contributed by atoms with E-state index < -0.39 is 0 Å². The van der Waals surface area contributed by atoms with Crippen LogP contribution >= 0.6 is 0 Å². The van der Waals surface area contributed by atoms with Crippen molar-refractivity contribution in [2.45, 2.75) is 32.2 Å². The van der Waals surface area contributed by atoms with Crippen LogP contribution in [0.1, 0.15) is 42.6 Å². The Hall–Kier alpha value is -3.42. The number of carbonyl (C=O) groups is 2. The molecule has 2 amide bonds. The lowest BCUT2D eigenvalue weighted by atomic mass is 10.0. The van der Waals surface area contributed by atoms with Crippen molar-refractivity contribution in [3.63, 3.8) is 0 Å². The highest BCUT2D eigenvalue weighted by molar-refractivity contribution is 5.80. The molecule has 8 heteroatoms. The molecule has 4 heterocycles. The Morgan fingerprint density at radius 3 is 2.91 bits per heavy atom. The number of ether oxygens (including phenoxy) is 1. The number of carbonyl (C=O) groups excluding carboxylic acids is 2. The minimum atomic E-state index is -0.333. The van der Waals surface area contributed by atoms with Crippen LogP contribution in [0.5, 0.6) is 5.88 Å². The number of pyridine rings is 2. The van der Waals surface area contributed by atoms with Crippen LogP contribution in [0.15, 0.2) is 36.5 Å². The second kappa shape index (κ2) is 9.80. The average Bonchev–Trinajstić information content (AvgIpc) is 3.17. The van der Waals surface area contributed by atoms with Gasteiger partial charge in [0.15, 0.2) is 0 Å². The molecule has 1 saturated heterocycles. The number of aromatic nitrogens is 2. The Morgan fingerprint density at radius 2 is 2.16 bits per heavy atom. The van der Waals surface area contributed by atoms with Gasteiger partial charge in [0.25, 0.3) is 0 Å². The van der Waals surface area contributed by atoms with E-state index in [-0.39, 0.29) is 24.3 Å². The van der Waals surface area contributed by atoms with E-state index in [4.69, 9.17) is 4.74 Å². The van der Waals surface area contributed by atoms with E-state index in [1.165, 1.54) is 5.56 Å². The zero-order valence-electron chi connectivity index (χ0n) is 18.6. The number of rotatable bonds is 8. The molecule has 8 nitrogen and oxygen atoms in total. The van der Waals surface area contributed by atoms with Gasteiger partial charge in [0.1, 0.15) is 11.6 Å². The van der Waals surface area contributed by atoms with Crippen molar-refractivity contribution in [3.05, 3.63) is 53.4 Å². The summed E-state index contributed by atoms with van der Waals surface area (Å²) < 4.78 is 5.12. The highest BCUT2D eigenvalue weighted by Crippen LogP contribution is 2.29. The van der Waals surface area contributed by atoms with Crippen molar-refractivity contribution >= 4 is 23.7 Å². The van der Waals surface area contributed by atoms with Gasteiger partial charge < -0.3 is 19.9 Å². The SMILES string of the molecule is COc1ccc([C@H](CC(C)=O)N2CCN(C/C=C\c3ccc4c(n3)NCCC4)C2=O)cn1. The van der Waals surface area contributed by atoms with Crippen molar-refractivity contribution in [1.29, 1.82) is 0 Å². The predicted molar refractivity (Wildman–Crippen MR) is 123 cm³/mol. The quantitative estimate of drug-likeness (QED) is 0.685. The third-order valence-electron chi connectivity index (χ3n) is 5.87. The number of nitrogens with one attached hydrogen (secondary N) is 1. The van der Waals surface area contributed by atoms with Crippen LogP contribution in [0.4, 0.5) is 10.6 Å². The van der Waals surface area contributed by atoms with E-state index in [0.29, 0.717) is 25.5 Å². The first-order valence-electron chi connectivity index (χ1n) is 11.0. The van der Waals surface area contributed by atoms with Crippen molar-refractivity contribution in [3.8, 4) is 5.88 Å². The van der Waals surface area contributed by atoms with E-state index >= 15 is 0 Å². The Balaban J connectivity index is 1.42. The number of hydrogen-bond acceptors (Lipinski definition) is 6. The van der Waals surface area contributed by atoms with E-state index in [1.54, 1.807) is 36.1 Å². The lowest BCUT2D eigenvalue weighted by molar-refractivity contribution is -0.118. The molecule has 0 unspecified atom stereocenters. The standard InChI is InChI=1S/C24H29N5O3/c1-17(30)15-21(19-8-10-22(32-2)26-16-19)29-14-13-28(24(29)31)12-4-6-20-9-7-18-5-3-11-25-23(18)27-20/h4,6-10,16,21H,3,5,11-15H2,1-2H3,(H,25,27)/b6-4-/t21-/m0/s1. The van der Waals surface area contributed by atoms with Crippen molar-refractivity contribution in [2.75, 3.05) is 38.6 Å². The van der Waals surface area contributed by atoms with Gasteiger partial charge in [-0.1, -0.05) is 18.2 Å². The summed E-state index contributed by atoms with van der Waals surface area (Å²) in [7, 11) is 1.56. The molecule has 1 N–H and O–H groups in total. The zero-order chi connectivity index (χ0) is 22.5. The Bertz CT molecular complexity index is 1010. The third kappa shape index (κ3) is 4.90. The molecule has 168 valence electrons. The fraction of sp³-hybridized carbons (Fsp3) is 0.417. The van der Waals surface area contributed by atoms with Gasteiger partial charge in [0.2, 0.25) is 5.88 Å². The summed E-state index contributed by atoms with van der Waals surface area (Å²) in [6, 6.07) is 7.35. The van der Waals surface area contributed by atoms with Crippen LogP contribution in [0.25, 0.3) is 6.08 Å². The molecule has 2 aliphatic rings. The van der Waals surface area contributed by atoms with E-state index in [0.717, 1.165) is 36.5 Å². The van der Waals surface area contributed by atoms with Gasteiger partial charge in [-0.25, -0.2) is 14.8 Å². The molecule has 0 aliphatic carbocycles. The minimum absolute atomic E-state index is 0.0315. The molecule has 0 bridgehead atoms. The number of aryl methyl sites for hydroxylation is 1. The average molecular weight is 436 g/mol. The maximum Gasteiger partial charge on any atom is 0.320 e. The van der Waals surface area contributed by atoms with Gasteiger partial charge in [0, 0.05) is 44.9 Å². The maximum absolute atomic E-state index is 13.1.